The number of hydrogen-bond acceptors (Lipinski definition) is 0. The molecule has 2 aliphatic heterocycles. The zero-order valence-electron chi connectivity index (χ0n) is 12.0. The van der Waals surface area contributed by atoms with Crippen LogP contribution in [0.4, 0.5) is 0 Å². The van der Waals surface area contributed by atoms with Gasteiger partial charge in [0.05, 0.1) is 18.8 Å². The lowest BCUT2D eigenvalue weighted by atomic mass is 9.79. The molecular formula is C18H20ClN2+. The van der Waals surface area contributed by atoms with Crippen molar-refractivity contribution in [3.8, 4) is 0 Å². The average molecular weight is 300 g/mol. The Morgan fingerprint density at radius 2 is 2.14 bits per heavy atom. The van der Waals surface area contributed by atoms with Gasteiger partial charge in [0.15, 0.2) is 0 Å². The van der Waals surface area contributed by atoms with Crippen LogP contribution in [0, 0.1) is 11.8 Å². The van der Waals surface area contributed by atoms with Gasteiger partial charge < -0.3 is 9.88 Å². The largest absolute Gasteiger partial charge is 0.353 e. The van der Waals surface area contributed by atoms with Gasteiger partial charge in [-0.1, -0.05) is 35.9 Å². The third-order valence-electron chi connectivity index (χ3n) is 5.92. The number of fused-ring (bicyclic) bond motifs is 7. The van der Waals surface area contributed by atoms with Crippen molar-refractivity contribution in [1.29, 1.82) is 0 Å². The average Bonchev–Trinajstić information content (AvgIpc) is 3.04. The van der Waals surface area contributed by atoms with Crippen LogP contribution in [0.1, 0.15) is 30.1 Å². The van der Waals surface area contributed by atoms with E-state index in [9.17, 15) is 0 Å². The first-order valence-electron chi connectivity index (χ1n) is 8.10. The molecule has 3 aliphatic rings. The van der Waals surface area contributed by atoms with Crippen LogP contribution < -0.4 is 4.90 Å². The lowest BCUT2D eigenvalue weighted by Gasteiger charge is -2.30. The number of benzene rings is 1. The lowest BCUT2D eigenvalue weighted by Crippen LogP contribution is -3.11. The quantitative estimate of drug-likeness (QED) is 0.746. The van der Waals surface area contributed by atoms with Crippen LogP contribution in [-0.4, -0.2) is 18.1 Å². The lowest BCUT2D eigenvalue weighted by molar-refractivity contribution is -0.923. The maximum absolute atomic E-state index is 6.36. The Bertz CT molecular complexity index is 745. The highest BCUT2D eigenvalue weighted by atomic mass is 35.5. The molecule has 2 aromatic rings. The Balaban J connectivity index is 1.65. The van der Waals surface area contributed by atoms with Crippen molar-refractivity contribution >= 4 is 22.5 Å². The zero-order chi connectivity index (χ0) is 14.0. The number of halogens is 1. The molecule has 1 unspecified atom stereocenters. The van der Waals surface area contributed by atoms with Gasteiger partial charge >= 0.3 is 0 Å². The maximum atomic E-state index is 6.36. The fourth-order valence-electron chi connectivity index (χ4n) is 5.04. The molecule has 1 saturated heterocycles. The minimum atomic E-state index is 0.633. The molecule has 2 nitrogen and oxygen atoms in total. The minimum Gasteiger partial charge on any atom is -0.353 e. The Morgan fingerprint density at radius 3 is 3.10 bits per heavy atom. The summed E-state index contributed by atoms with van der Waals surface area (Å²) in [5.74, 6) is 1.55. The third kappa shape index (κ3) is 1.69. The summed E-state index contributed by atoms with van der Waals surface area (Å²) in [6, 6.07) is 9.41. The highest BCUT2D eigenvalue weighted by molar-refractivity contribution is 6.29. The van der Waals surface area contributed by atoms with Crippen LogP contribution >= 0.6 is 11.6 Å². The summed E-state index contributed by atoms with van der Waals surface area (Å²) in [6.45, 7) is 2.61. The topological polar surface area (TPSA) is 20.2 Å². The van der Waals surface area contributed by atoms with Gasteiger partial charge in [0.25, 0.3) is 0 Å². The van der Waals surface area contributed by atoms with Gasteiger partial charge in [0.2, 0.25) is 0 Å². The minimum absolute atomic E-state index is 0.633. The summed E-state index contributed by atoms with van der Waals surface area (Å²) in [7, 11) is 0. The van der Waals surface area contributed by atoms with Crippen molar-refractivity contribution in [3.63, 3.8) is 0 Å². The Kier molecular flexibility index (Phi) is 2.56. The molecule has 5 rings (SSSR count). The summed E-state index contributed by atoms with van der Waals surface area (Å²) < 4.78 is 0. The molecule has 0 amide bonds. The highest BCUT2D eigenvalue weighted by Gasteiger charge is 2.50. The van der Waals surface area contributed by atoms with E-state index in [-0.39, 0.29) is 0 Å². The molecule has 1 fully saturated rings. The van der Waals surface area contributed by atoms with Gasteiger partial charge in [-0.05, 0) is 24.5 Å². The summed E-state index contributed by atoms with van der Waals surface area (Å²) in [4.78, 5) is 5.53. The highest BCUT2D eigenvalue weighted by Crippen LogP contribution is 2.43. The Hall–Kier alpha value is -1.25. The van der Waals surface area contributed by atoms with Crippen LogP contribution in [-0.2, 0) is 6.42 Å². The van der Waals surface area contributed by atoms with Gasteiger partial charge in [-0.25, -0.2) is 0 Å². The predicted molar refractivity (Wildman–Crippen MR) is 85.6 cm³/mol. The number of nitrogens with one attached hydrogen (secondary N) is 2. The second-order valence-corrected chi connectivity index (χ2v) is 7.40. The molecule has 2 N–H and O–H groups in total. The Labute approximate surface area is 129 Å². The monoisotopic (exact) mass is 299 g/mol. The normalized spacial score (nSPS) is 34.2. The van der Waals surface area contributed by atoms with Gasteiger partial charge in [0, 0.05) is 34.2 Å². The van der Waals surface area contributed by atoms with Crippen molar-refractivity contribution < 1.29 is 4.90 Å². The van der Waals surface area contributed by atoms with Crippen molar-refractivity contribution in [3.05, 3.63) is 46.6 Å². The number of quaternary nitrogens is 1. The molecule has 0 saturated carbocycles. The van der Waals surface area contributed by atoms with E-state index in [1.165, 1.54) is 42.5 Å². The van der Waals surface area contributed by atoms with Crippen LogP contribution in [0.3, 0.4) is 0 Å². The number of aromatic amines is 1. The summed E-state index contributed by atoms with van der Waals surface area (Å²) in [5, 5.41) is 2.52. The van der Waals surface area contributed by atoms with E-state index in [1.54, 1.807) is 10.5 Å². The summed E-state index contributed by atoms with van der Waals surface area (Å²) in [6.07, 6.45) is 5.73. The third-order valence-corrected chi connectivity index (χ3v) is 6.23. The fraction of sp³-hybridized carbons (Fsp3) is 0.444. The molecule has 1 aliphatic carbocycles. The SMILES string of the molecule is ClC1=CC[C@@H]2C[NH+]3CCc4c([nH]c5ccccc45)[C@H]3[C@H]2C1. The number of rotatable bonds is 0. The summed E-state index contributed by atoms with van der Waals surface area (Å²) >= 11 is 6.36. The first-order chi connectivity index (χ1) is 10.3. The van der Waals surface area contributed by atoms with Crippen molar-refractivity contribution in [1.82, 2.24) is 4.98 Å². The van der Waals surface area contributed by atoms with Crippen LogP contribution in [0.25, 0.3) is 10.9 Å². The van der Waals surface area contributed by atoms with Gasteiger partial charge in [-0.15, -0.1) is 0 Å². The number of aromatic nitrogens is 1. The smallest absolute Gasteiger partial charge is 0.132 e. The molecule has 3 heteroatoms. The standard InChI is InChI=1S/C18H19ClN2/c19-12-6-5-11-10-21-8-7-14-13-3-1-2-4-16(13)20-17(14)18(21)15(11)9-12/h1-4,6,11,15,18,20H,5,7-10H2/p+1/t11-,15+,18-/m1/s1. The van der Waals surface area contributed by atoms with Gasteiger partial charge in [-0.2, -0.15) is 0 Å². The number of allylic oxidation sites excluding steroid dienone is 2. The number of para-hydroxylation sites is 1. The fourth-order valence-corrected chi connectivity index (χ4v) is 5.30. The van der Waals surface area contributed by atoms with Crippen molar-refractivity contribution in [2.45, 2.75) is 25.3 Å². The van der Waals surface area contributed by atoms with Crippen LogP contribution in [0.2, 0.25) is 0 Å². The molecule has 3 heterocycles. The van der Waals surface area contributed by atoms with Gasteiger partial charge in [0.1, 0.15) is 6.04 Å². The van der Waals surface area contributed by atoms with Crippen LogP contribution in [0.5, 0.6) is 0 Å². The van der Waals surface area contributed by atoms with E-state index < -0.39 is 0 Å². The molecule has 1 aromatic carbocycles. The van der Waals surface area contributed by atoms with E-state index in [4.69, 9.17) is 11.6 Å². The predicted octanol–water partition coefficient (Wildman–Crippen LogP) is 2.81. The first kappa shape index (κ1) is 12.3. The molecule has 1 aromatic heterocycles. The van der Waals surface area contributed by atoms with E-state index >= 15 is 0 Å². The molecule has 108 valence electrons. The molecular weight excluding hydrogens is 280 g/mol. The first-order valence-corrected chi connectivity index (χ1v) is 8.47. The molecule has 0 spiro atoms. The maximum Gasteiger partial charge on any atom is 0.132 e. The van der Waals surface area contributed by atoms with Crippen LogP contribution in [0.15, 0.2) is 35.4 Å². The second-order valence-electron chi connectivity index (χ2n) is 6.92. The molecule has 4 atom stereocenters. The van der Waals surface area contributed by atoms with Gasteiger partial charge in [-0.3, -0.25) is 0 Å². The Morgan fingerprint density at radius 1 is 1.24 bits per heavy atom. The number of hydrogen-bond donors (Lipinski definition) is 2. The van der Waals surface area contributed by atoms with E-state index in [0.717, 1.165) is 23.3 Å². The zero-order valence-corrected chi connectivity index (χ0v) is 12.8. The van der Waals surface area contributed by atoms with Crippen molar-refractivity contribution in [2.24, 2.45) is 11.8 Å². The number of H-pyrrole nitrogens is 1. The van der Waals surface area contributed by atoms with E-state index in [1.807, 2.05) is 0 Å². The molecule has 21 heavy (non-hydrogen) atoms. The van der Waals surface area contributed by atoms with E-state index in [0.29, 0.717) is 6.04 Å². The summed E-state index contributed by atoms with van der Waals surface area (Å²) in [5.41, 5.74) is 4.40. The van der Waals surface area contributed by atoms with E-state index in [2.05, 4.69) is 35.3 Å². The molecule has 0 bridgehead atoms. The molecule has 0 radical (unpaired) electrons. The van der Waals surface area contributed by atoms with Crippen molar-refractivity contribution in [2.75, 3.05) is 13.1 Å². The second kappa shape index (κ2) is 4.37.